The second kappa shape index (κ2) is 8.74. The second-order valence-corrected chi connectivity index (χ2v) is 7.84. The van der Waals surface area contributed by atoms with Gasteiger partial charge in [-0.2, -0.15) is 9.78 Å². The van der Waals surface area contributed by atoms with Crippen LogP contribution in [0.25, 0.3) is 10.8 Å². The quantitative estimate of drug-likeness (QED) is 0.322. The summed E-state index contributed by atoms with van der Waals surface area (Å²) in [5.41, 5.74) is 2.62. The van der Waals surface area contributed by atoms with E-state index >= 15 is 0 Å². The molecule has 170 valence electrons. The van der Waals surface area contributed by atoms with E-state index in [-0.39, 0.29) is 18.5 Å². The van der Waals surface area contributed by atoms with Crippen LogP contribution in [0.4, 0.5) is 5.95 Å². The highest BCUT2D eigenvalue weighted by Gasteiger charge is 2.34. The summed E-state index contributed by atoms with van der Waals surface area (Å²) in [7, 11) is 1.60. The van der Waals surface area contributed by atoms with Crippen LogP contribution in [0.1, 0.15) is 23.6 Å². The van der Waals surface area contributed by atoms with Crippen molar-refractivity contribution < 1.29 is 14.5 Å². The van der Waals surface area contributed by atoms with Crippen LogP contribution in [0.2, 0.25) is 0 Å². The number of hydrazone groups is 1. The number of ether oxygens (including phenoxy) is 1. The fourth-order valence-electron chi connectivity index (χ4n) is 4.02. The summed E-state index contributed by atoms with van der Waals surface area (Å²) in [6.45, 7) is -0.220. The summed E-state index contributed by atoms with van der Waals surface area (Å²) in [5.74, 6) is -0.192. The van der Waals surface area contributed by atoms with Gasteiger partial charge >= 0.3 is 5.95 Å². The molecule has 1 atom stereocenters. The van der Waals surface area contributed by atoms with Gasteiger partial charge in [-0.1, -0.05) is 53.5 Å². The Balaban J connectivity index is 1.48. The third-order valence-electron chi connectivity index (χ3n) is 5.73. The second-order valence-electron chi connectivity index (χ2n) is 7.84. The fourth-order valence-corrected chi connectivity index (χ4v) is 4.02. The number of carbonyl (C=O) groups is 1. The Morgan fingerprint density at radius 2 is 1.88 bits per heavy atom. The van der Waals surface area contributed by atoms with Crippen LogP contribution in [-0.2, 0) is 11.3 Å². The van der Waals surface area contributed by atoms with Crippen LogP contribution in [-0.4, -0.2) is 43.4 Å². The highest BCUT2D eigenvalue weighted by molar-refractivity contribution is 6.05. The summed E-state index contributed by atoms with van der Waals surface area (Å²) < 4.78 is 6.40. The third kappa shape index (κ3) is 4.08. The number of nitro groups is 1. The van der Waals surface area contributed by atoms with Crippen molar-refractivity contribution in [2.45, 2.75) is 19.0 Å². The Labute approximate surface area is 194 Å². The third-order valence-corrected chi connectivity index (χ3v) is 5.73. The molecule has 1 aromatic heterocycles. The molecule has 0 fully saturated rings. The van der Waals surface area contributed by atoms with Crippen molar-refractivity contribution in [1.82, 2.24) is 19.8 Å². The molecular weight excluding hydrogens is 436 g/mol. The first-order chi connectivity index (χ1) is 16.5. The largest absolute Gasteiger partial charge is 0.497 e. The Hall–Kier alpha value is -4.60. The molecule has 3 aromatic carbocycles. The van der Waals surface area contributed by atoms with Crippen molar-refractivity contribution in [2.75, 3.05) is 7.11 Å². The van der Waals surface area contributed by atoms with Gasteiger partial charge in [0.2, 0.25) is 6.33 Å². The number of methoxy groups -OCH3 is 1. The van der Waals surface area contributed by atoms with Crippen molar-refractivity contribution in [3.8, 4) is 5.75 Å². The van der Waals surface area contributed by atoms with Crippen molar-refractivity contribution >= 4 is 28.3 Å². The van der Waals surface area contributed by atoms with E-state index in [1.807, 2.05) is 60.7 Å². The molecule has 1 amide bonds. The first-order valence-corrected chi connectivity index (χ1v) is 10.6. The molecule has 0 saturated carbocycles. The van der Waals surface area contributed by atoms with Gasteiger partial charge < -0.3 is 14.9 Å². The van der Waals surface area contributed by atoms with Gasteiger partial charge in [0.1, 0.15) is 12.3 Å². The van der Waals surface area contributed by atoms with E-state index in [1.165, 1.54) is 11.3 Å². The number of nitrogens with zero attached hydrogens (tertiary/aromatic N) is 6. The molecular formula is C24H20N6O4. The van der Waals surface area contributed by atoms with Gasteiger partial charge in [0.25, 0.3) is 5.91 Å². The van der Waals surface area contributed by atoms with Gasteiger partial charge in [-0.15, -0.1) is 0 Å². The Morgan fingerprint density at radius 1 is 1.12 bits per heavy atom. The molecule has 0 saturated heterocycles. The van der Waals surface area contributed by atoms with Crippen LogP contribution in [0, 0.1) is 10.1 Å². The molecule has 1 unspecified atom stereocenters. The number of hydrogen-bond acceptors (Lipinski definition) is 7. The van der Waals surface area contributed by atoms with Gasteiger partial charge in [-0.25, -0.2) is 5.01 Å². The normalized spacial score (nSPS) is 15.4. The van der Waals surface area contributed by atoms with Gasteiger partial charge in [-0.3, -0.25) is 4.79 Å². The average Bonchev–Trinajstić information content (AvgIpc) is 3.52. The van der Waals surface area contributed by atoms with E-state index in [4.69, 9.17) is 4.74 Å². The minimum atomic E-state index is -0.701. The summed E-state index contributed by atoms with van der Waals surface area (Å²) in [6, 6.07) is 21.3. The van der Waals surface area contributed by atoms with Crippen molar-refractivity contribution in [3.05, 3.63) is 94.3 Å². The van der Waals surface area contributed by atoms with E-state index < -0.39 is 10.9 Å². The maximum atomic E-state index is 13.2. The zero-order chi connectivity index (χ0) is 23.7. The van der Waals surface area contributed by atoms with E-state index in [0.29, 0.717) is 12.2 Å². The molecule has 10 heteroatoms. The molecule has 34 heavy (non-hydrogen) atoms. The van der Waals surface area contributed by atoms with Crippen LogP contribution >= 0.6 is 0 Å². The maximum absolute atomic E-state index is 13.2. The number of carbonyl (C=O) groups excluding carboxylic acids is 1. The van der Waals surface area contributed by atoms with E-state index in [0.717, 1.165) is 32.3 Å². The molecule has 10 nitrogen and oxygen atoms in total. The van der Waals surface area contributed by atoms with E-state index in [1.54, 1.807) is 7.11 Å². The number of hydrogen-bond donors (Lipinski definition) is 0. The first kappa shape index (κ1) is 21.3. The predicted octanol–water partition coefficient (Wildman–Crippen LogP) is 3.73. The Bertz CT molecular complexity index is 1410. The number of rotatable bonds is 6. The van der Waals surface area contributed by atoms with Crippen molar-refractivity contribution in [2.24, 2.45) is 5.10 Å². The smallest absolute Gasteiger partial charge is 0.490 e. The highest BCUT2D eigenvalue weighted by Crippen LogP contribution is 2.34. The molecule has 0 aliphatic carbocycles. The Kier molecular flexibility index (Phi) is 5.46. The van der Waals surface area contributed by atoms with Crippen molar-refractivity contribution in [3.63, 3.8) is 0 Å². The van der Waals surface area contributed by atoms with Gasteiger partial charge in [0.05, 0.1) is 18.9 Å². The Morgan fingerprint density at radius 3 is 2.59 bits per heavy atom. The summed E-state index contributed by atoms with van der Waals surface area (Å²) in [6.07, 6.45) is 1.69. The van der Waals surface area contributed by atoms with Gasteiger partial charge in [-0.05, 0) is 45.0 Å². The lowest BCUT2D eigenvalue weighted by Crippen LogP contribution is -2.30. The lowest BCUT2D eigenvalue weighted by molar-refractivity contribution is -0.394. The molecule has 2 heterocycles. The average molecular weight is 456 g/mol. The number of benzene rings is 3. The van der Waals surface area contributed by atoms with Gasteiger partial charge in [0.15, 0.2) is 0 Å². The standard InChI is InChI=1S/C24H20N6O4/c1-34-20-10-8-17(9-11-20)22-13-21(19-7-6-16-4-2-3-5-18(16)12-19)26-29(22)23(31)14-28-15-25-24(27-28)30(32)33/h2-12,15,22H,13-14H2,1H3. The van der Waals surface area contributed by atoms with E-state index in [2.05, 4.69) is 21.3 Å². The molecule has 0 spiro atoms. The van der Waals surface area contributed by atoms with Gasteiger partial charge in [0, 0.05) is 11.5 Å². The molecule has 5 rings (SSSR count). The zero-order valence-electron chi connectivity index (χ0n) is 18.2. The number of fused-ring (bicyclic) bond motifs is 1. The highest BCUT2D eigenvalue weighted by atomic mass is 16.6. The molecule has 1 aliphatic rings. The van der Waals surface area contributed by atoms with Crippen LogP contribution in [0.3, 0.4) is 0 Å². The monoisotopic (exact) mass is 456 g/mol. The minimum absolute atomic E-state index is 0.220. The SMILES string of the molecule is COc1ccc(C2CC(c3ccc4ccccc4c3)=NN2C(=O)Cn2cnc([N+](=O)[O-])n2)cc1. The lowest BCUT2D eigenvalue weighted by Gasteiger charge is -2.21. The topological polar surface area (TPSA) is 116 Å². The molecule has 0 radical (unpaired) electrons. The lowest BCUT2D eigenvalue weighted by atomic mass is 9.97. The zero-order valence-corrected chi connectivity index (χ0v) is 18.2. The predicted molar refractivity (Wildman–Crippen MR) is 124 cm³/mol. The fraction of sp³-hybridized carbons (Fsp3) is 0.167. The van der Waals surface area contributed by atoms with Crippen molar-refractivity contribution in [1.29, 1.82) is 0 Å². The maximum Gasteiger partial charge on any atom is 0.490 e. The van der Waals surface area contributed by atoms with Crippen LogP contribution < -0.4 is 4.74 Å². The molecule has 4 aromatic rings. The van der Waals surface area contributed by atoms with E-state index in [9.17, 15) is 14.9 Å². The summed E-state index contributed by atoms with van der Waals surface area (Å²) in [4.78, 5) is 27.0. The van der Waals surface area contributed by atoms with Crippen LogP contribution in [0.15, 0.2) is 78.2 Å². The van der Waals surface area contributed by atoms with Crippen LogP contribution in [0.5, 0.6) is 5.75 Å². The summed E-state index contributed by atoms with van der Waals surface area (Å²) >= 11 is 0. The molecule has 0 N–H and O–H groups in total. The minimum Gasteiger partial charge on any atom is -0.497 e. The molecule has 0 bridgehead atoms. The number of aromatic nitrogens is 3. The first-order valence-electron chi connectivity index (χ1n) is 10.6. The molecule has 1 aliphatic heterocycles. The summed E-state index contributed by atoms with van der Waals surface area (Å²) in [5, 5.41) is 22.9. The number of amides is 1.